The molecule has 0 aromatic rings. The lowest BCUT2D eigenvalue weighted by Gasteiger charge is -2.39. The summed E-state index contributed by atoms with van der Waals surface area (Å²) in [5.41, 5.74) is -1.80. The van der Waals surface area contributed by atoms with Crippen LogP contribution in [0.5, 0.6) is 0 Å². The number of ether oxygens (including phenoxy) is 1. The molecule has 0 bridgehead atoms. The molecule has 1 aliphatic rings. The van der Waals surface area contributed by atoms with Gasteiger partial charge in [0.1, 0.15) is 5.60 Å². The fourth-order valence-electron chi connectivity index (χ4n) is 5.46. The van der Waals surface area contributed by atoms with Crippen LogP contribution < -0.4 is 0 Å². The van der Waals surface area contributed by atoms with Crippen molar-refractivity contribution >= 4 is 11.9 Å². The van der Waals surface area contributed by atoms with Gasteiger partial charge in [0.15, 0.2) is 5.41 Å². The van der Waals surface area contributed by atoms with Crippen molar-refractivity contribution in [3.05, 3.63) is 0 Å². The molecule has 0 radical (unpaired) electrons. The van der Waals surface area contributed by atoms with Crippen LogP contribution in [0.2, 0.25) is 0 Å². The molecular formula is C29H54O4. The van der Waals surface area contributed by atoms with E-state index >= 15 is 0 Å². The maximum atomic E-state index is 13.5. The minimum absolute atomic E-state index is 0.430. The molecule has 1 aliphatic carbocycles. The Hall–Kier alpha value is -1.06. The number of carbonyl (C=O) groups is 2. The topological polar surface area (TPSA) is 63.6 Å². The van der Waals surface area contributed by atoms with Crippen LogP contribution in [0.3, 0.4) is 0 Å². The van der Waals surface area contributed by atoms with Gasteiger partial charge >= 0.3 is 11.9 Å². The van der Waals surface area contributed by atoms with E-state index < -0.39 is 23.0 Å². The second-order valence-electron chi connectivity index (χ2n) is 10.7. The van der Waals surface area contributed by atoms with Crippen molar-refractivity contribution in [2.75, 3.05) is 0 Å². The van der Waals surface area contributed by atoms with E-state index in [1.54, 1.807) is 0 Å². The van der Waals surface area contributed by atoms with Crippen LogP contribution in [0.15, 0.2) is 0 Å². The van der Waals surface area contributed by atoms with Crippen molar-refractivity contribution in [2.24, 2.45) is 5.41 Å². The monoisotopic (exact) mass is 466 g/mol. The third-order valence-corrected chi connectivity index (χ3v) is 7.77. The Balaban J connectivity index is 2.98. The molecule has 0 spiro atoms. The molecule has 1 fully saturated rings. The number of carbonyl (C=O) groups excluding carboxylic acids is 1. The van der Waals surface area contributed by atoms with Crippen molar-refractivity contribution in [3.63, 3.8) is 0 Å². The zero-order valence-electron chi connectivity index (χ0n) is 22.2. The average Bonchev–Trinajstić information content (AvgIpc) is 2.82. The van der Waals surface area contributed by atoms with Crippen molar-refractivity contribution in [1.82, 2.24) is 0 Å². The quantitative estimate of drug-likeness (QED) is 0.110. The number of rotatable bonds is 20. The van der Waals surface area contributed by atoms with Gasteiger partial charge in [0.25, 0.3) is 0 Å². The van der Waals surface area contributed by atoms with E-state index in [2.05, 4.69) is 20.8 Å². The summed E-state index contributed by atoms with van der Waals surface area (Å²) in [4.78, 5) is 25.8. The van der Waals surface area contributed by atoms with E-state index in [1.165, 1.54) is 57.8 Å². The summed E-state index contributed by atoms with van der Waals surface area (Å²) in [5.74, 6) is -1.41. The number of carboxylic acids is 1. The molecule has 0 atom stereocenters. The molecule has 0 aromatic heterocycles. The average molecular weight is 467 g/mol. The molecule has 0 aromatic carbocycles. The van der Waals surface area contributed by atoms with Gasteiger partial charge < -0.3 is 9.84 Å². The molecule has 194 valence electrons. The first kappa shape index (κ1) is 30.0. The first-order valence-electron chi connectivity index (χ1n) is 14.4. The molecule has 33 heavy (non-hydrogen) atoms. The molecule has 0 amide bonds. The van der Waals surface area contributed by atoms with Gasteiger partial charge in [0.2, 0.25) is 0 Å². The van der Waals surface area contributed by atoms with Gasteiger partial charge in [0.05, 0.1) is 0 Å². The van der Waals surface area contributed by atoms with Gasteiger partial charge in [0, 0.05) is 0 Å². The Morgan fingerprint density at radius 3 is 1.48 bits per heavy atom. The number of unbranched alkanes of at least 4 members (excludes halogenated alkanes) is 11. The molecule has 0 aliphatic heterocycles. The normalized spacial score (nSPS) is 16.0. The maximum absolute atomic E-state index is 13.5. The summed E-state index contributed by atoms with van der Waals surface area (Å²) in [6, 6.07) is 0. The molecule has 1 rings (SSSR count). The van der Waals surface area contributed by atoms with Crippen LogP contribution in [-0.4, -0.2) is 22.6 Å². The van der Waals surface area contributed by atoms with Crippen LogP contribution in [-0.2, 0) is 14.3 Å². The Labute approximate surface area is 204 Å². The Kier molecular flexibility index (Phi) is 15.8. The van der Waals surface area contributed by atoms with E-state index in [1.807, 2.05) is 0 Å². The highest BCUT2D eigenvalue weighted by Gasteiger charge is 2.50. The first-order valence-corrected chi connectivity index (χ1v) is 14.4. The highest BCUT2D eigenvalue weighted by Crippen LogP contribution is 2.41. The molecule has 1 N–H and O–H groups in total. The smallest absolute Gasteiger partial charge is 0.324 e. The van der Waals surface area contributed by atoms with E-state index in [9.17, 15) is 14.7 Å². The van der Waals surface area contributed by atoms with E-state index in [0.29, 0.717) is 12.8 Å². The second-order valence-corrected chi connectivity index (χ2v) is 10.7. The largest absolute Gasteiger partial charge is 0.480 e. The van der Waals surface area contributed by atoms with Crippen molar-refractivity contribution in [3.8, 4) is 0 Å². The number of esters is 1. The molecule has 1 saturated carbocycles. The summed E-state index contributed by atoms with van der Waals surface area (Å²) in [6.07, 6.45) is 22.6. The fraction of sp³-hybridized carbons (Fsp3) is 0.931. The number of hydrogen-bond acceptors (Lipinski definition) is 3. The summed E-state index contributed by atoms with van der Waals surface area (Å²) in [6.45, 7) is 6.67. The predicted octanol–water partition coefficient (Wildman–Crippen LogP) is 8.99. The van der Waals surface area contributed by atoms with Gasteiger partial charge in [-0.15, -0.1) is 0 Å². The van der Waals surface area contributed by atoms with Gasteiger partial charge in [-0.3, -0.25) is 9.59 Å². The summed E-state index contributed by atoms with van der Waals surface area (Å²) < 4.78 is 6.41. The summed E-state index contributed by atoms with van der Waals surface area (Å²) in [5, 5.41) is 10.0. The van der Waals surface area contributed by atoms with Gasteiger partial charge in [-0.05, 0) is 51.4 Å². The van der Waals surface area contributed by atoms with Crippen molar-refractivity contribution < 1.29 is 19.4 Å². The molecule has 4 nitrogen and oxygen atoms in total. The Morgan fingerprint density at radius 2 is 1.06 bits per heavy atom. The lowest BCUT2D eigenvalue weighted by atomic mass is 9.73. The summed E-state index contributed by atoms with van der Waals surface area (Å²) >= 11 is 0. The minimum Gasteiger partial charge on any atom is -0.480 e. The predicted molar refractivity (Wildman–Crippen MR) is 137 cm³/mol. The molecule has 0 heterocycles. The van der Waals surface area contributed by atoms with Gasteiger partial charge in [-0.2, -0.15) is 0 Å². The summed E-state index contributed by atoms with van der Waals surface area (Å²) in [7, 11) is 0. The van der Waals surface area contributed by atoms with Crippen molar-refractivity contribution in [1.29, 1.82) is 0 Å². The van der Waals surface area contributed by atoms with Crippen LogP contribution in [0.1, 0.15) is 162 Å². The zero-order chi connectivity index (χ0) is 24.4. The Bertz CT molecular complexity index is 510. The number of hydrogen-bond donors (Lipinski definition) is 1. The van der Waals surface area contributed by atoms with E-state index in [4.69, 9.17) is 4.74 Å². The second kappa shape index (κ2) is 17.4. The van der Waals surface area contributed by atoms with Crippen LogP contribution >= 0.6 is 0 Å². The van der Waals surface area contributed by atoms with E-state index in [0.717, 1.165) is 70.6 Å². The maximum Gasteiger partial charge on any atom is 0.324 e. The van der Waals surface area contributed by atoms with E-state index in [-0.39, 0.29) is 0 Å². The molecular weight excluding hydrogens is 412 g/mol. The van der Waals surface area contributed by atoms with Crippen LogP contribution in [0.25, 0.3) is 0 Å². The van der Waals surface area contributed by atoms with Crippen LogP contribution in [0, 0.1) is 5.41 Å². The number of carboxylic acid groups (broad SMARTS) is 1. The van der Waals surface area contributed by atoms with Crippen molar-refractivity contribution in [2.45, 2.75) is 168 Å². The molecule has 4 heteroatoms. The lowest BCUT2D eigenvalue weighted by Crippen LogP contribution is -2.47. The van der Waals surface area contributed by atoms with Gasteiger partial charge in [-0.25, -0.2) is 0 Å². The highest BCUT2D eigenvalue weighted by molar-refractivity contribution is 5.99. The minimum atomic E-state index is -1.32. The highest BCUT2D eigenvalue weighted by atomic mass is 16.6. The SMILES string of the molecule is CCCCCCCCC(CCCCCC)(CCCCCC)OC(=O)C1(C(=O)O)CCCCC1. The molecule has 0 saturated heterocycles. The zero-order valence-corrected chi connectivity index (χ0v) is 22.2. The molecule has 0 unspecified atom stereocenters. The lowest BCUT2D eigenvalue weighted by molar-refractivity contribution is -0.185. The third-order valence-electron chi connectivity index (χ3n) is 7.77. The third kappa shape index (κ3) is 10.8. The van der Waals surface area contributed by atoms with Crippen LogP contribution in [0.4, 0.5) is 0 Å². The number of aliphatic carboxylic acids is 1. The first-order chi connectivity index (χ1) is 16.0. The standard InChI is InChI=1S/C29H54O4/c1-4-7-10-13-14-18-23-28(21-16-11-8-5-2,22-17-12-9-6-3)33-27(32)29(26(30)31)24-19-15-20-25-29/h4-25H2,1-3H3,(H,30,31). The van der Waals surface area contributed by atoms with Gasteiger partial charge in [-0.1, -0.05) is 111 Å². The Morgan fingerprint density at radius 1 is 0.667 bits per heavy atom. The fourth-order valence-corrected chi connectivity index (χ4v) is 5.46.